The maximum absolute atomic E-state index is 13.0. The van der Waals surface area contributed by atoms with Crippen LogP contribution in [0.1, 0.15) is 24.1 Å². The van der Waals surface area contributed by atoms with Gasteiger partial charge in [0.1, 0.15) is 5.82 Å². The van der Waals surface area contributed by atoms with Crippen molar-refractivity contribution in [1.82, 2.24) is 5.32 Å². The highest BCUT2D eigenvalue weighted by atomic mass is 32.1. The van der Waals surface area contributed by atoms with Crippen molar-refractivity contribution in [2.24, 2.45) is 0 Å². The molecule has 1 atom stereocenters. The fraction of sp³-hybridized carbons (Fsp3) is 0.130. The molecule has 3 aromatic rings. The number of nitrogens with one attached hydrogen (secondary N) is 3. The molecule has 0 heterocycles. The van der Waals surface area contributed by atoms with E-state index in [1.165, 1.54) is 12.1 Å². The molecule has 0 radical (unpaired) electrons. The monoisotopic (exact) mass is 407 g/mol. The van der Waals surface area contributed by atoms with Crippen LogP contribution in [-0.4, -0.2) is 11.0 Å². The Labute approximate surface area is 175 Å². The third kappa shape index (κ3) is 6.40. The molecule has 0 aliphatic rings. The molecule has 0 aromatic heterocycles. The van der Waals surface area contributed by atoms with Crippen molar-refractivity contribution in [3.63, 3.8) is 0 Å². The van der Waals surface area contributed by atoms with E-state index in [1.807, 2.05) is 61.5 Å². The van der Waals surface area contributed by atoms with E-state index in [0.29, 0.717) is 11.5 Å². The zero-order valence-electron chi connectivity index (χ0n) is 16.0. The summed E-state index contributed by atoms with van der Waals surface area (Å²) in [6, 6.07) is 23.2. The highest BCUT2D eigenvalue weighted by Gasteiger charge is 2.08. The minimum Gasteiger partial charge on any atom is -0.356 e. The molecule has 29 heavy (non-hydrogen) atoms. The zero-order valence-corrected chi connectivity index (χ0v) is 16.8. The molecule has 0 aliphatic carbocycles. The number of amides is 1. The molecule has 0 aliphatic heterocycles. The van der Waals surface area contributed by atoms with Crippen LogP contribution >= 0.6 is 12.2 Å². The van der Waals surface area contributed by atoms with Gasteiger partial charge in [-0.2, -0.15) is 0 Å². The van der Waals surface area contributed by atoms with Gasteiger partial charge in [0, 0.05) is 11.4 Å². The van der Waals surface area contributed by atoms with Crippen molar-refractivity contribution in [1.29, 1.82) is 0 Å². The SMILES string of the molecule is CC(NC(=S)Nc1ccc(NC(=O)Cc2ccccc2)cc1)c1ccc(F)cc1. The molecule has 0 saturated heterocycles. The zero-order chi connectivity index (χ0) is 20.6. The van der Waals surface area contributed by atoms with Crippen molar-refractivity contribution in [2.45, 2.75) is 19.4 Å². The number of benzene rings is 3. The molecule has 6 heteroatoms. The van der Waals surface area contributed by atoms with Gasteiger partial charge in [-0.1, -0.05) is 42.5 Å². The van der Waals surface area contributed by atoms with Gasteiger partial charge in [0.2, 0.25) is 5.91 Å². The lowest BCUT2D eigenvalue weighted by Crippen LogP contribution is -2.30. The number of rotatable bonds is 6. The minimum atomic E-state index is -0.266. The van der Waals surface area contributed by atoms with E-state index in [4.69, 9.17) is 12.2 Å². The molecular formula is C23H22FN3OS. The van der Waals surface area contributed by atoms with E-state index in [9.17, 15) is 9.18 Å². The van der Waals surface area contributed by atoms with Crippen LogP contribution < -0.4 is 16.0 Å². The Kier molecular flexibility index (Phi) is 6.92. The number of anilines is 2. The van der Waals surface area contributed by atoms with Crippen LogP contribution in [0.4, 0.5) is 15.8 Å². The Morgan fingerprint density at radius 2 is 1.48 bits per heavy atom. The Balaban J connectivity index is 1.50. The van der Waals surface area contributed by atoms with Gasteiger partial charge >= 0.3 is 0 Å². The predicted octanol–water partition coefficient (Wildman–Crippen LogP) is 5.05. The van der Waals surface area contributed by atoms with Gasteiger partial charge in [-0.3, -0.25) is 4.79 Å². The van der Waals surface area contributed by atoms with Crippen LogP contribution in [-0.2, 0) is 11.2 Å². The number of carbonyl (C=O) groups excluding carboxylic acids is 1. The normalized spacial score (nSPS) is 11.4. The van der Waals surface area contributed by atoms with Crippen molar-refractivity contribution in [3.05, 3.63) is 95.8 Å². The van der Waals surface area contributed by atoms with Gasteiger partial charge < -0.3 is 16.0 Å². The fourth-order valence-corrected chi connectivity index (χ4v) is 3.12. The third-order valence-electron chi connectivity index (χ3n) is 4.35. The van der Waals surface area contributed by atoms with E-state index in [2.05, 4.69) is 16.0 Å². The van der Waals surface area contributed by atoms with Crippen LogP contribution in [0.2, 0.25) is 0 Å². The van der Waals surface area contributed by atoms with Crippen molar-refractivity contribution in [3.8, 4) is 0 Å². The van der Waals surface area contributed by atoms with Crippen molar-refractivity contribution in [2.75, 3.05) is 10.6 Å². The number of hydrogen-bond acceptors (Lipinski definition) is 2. The molecule has 0 bridgehead atoms. The molecule has 1 amide bonds. The van der Waals surface area contributed by atoms with Gasteiger partial charge in [-0.05, 0) is 66.7 Å². The van der Waals surface area contributed by atoms with E-state index < -0.39 is 0 Å². The lowest BCUT2D eigenvalue weighted by Gasteiger charge is -2.17. The van der Waals surface area contributed by atoms with Crippen LogP contribution in [0.15, 0.2) is 78.9 Å². The van der Waals surface area contributed by atoms with Crippen LogP contribution in [0.5, 0.6) is 0 Å². The van der Waals surface area contributed by atoms with Gasteiger partial charge in [-0.15, -0.1) is 0 Å². The first-order valence-corrected chi connectivity index (χ1v) is 9.67. The molecule has 3 N–H and O–H groups in total. The number of thiocarbonyl (C=S) groups is 1. The molecular weight excluding hydrogens is 385 g/mol. The number of halogens is 1. The second-order valence-corrected chi connectivity index (χ2v) is 7.07. The Morgan fingerprint density at radius 1 is 0.897 bits per heavy atom. The first kappa shape index (κ1) is 20.5. The lowest BCUT2D eigenvalue weighted by atomic mass is 10.1. The summed E-state index contributed by atoms with van der Waals surface area (Å²) in [6.07, 6.45) is 0.329. The van der Waals surface area contributed by atoms with Gasteiger partial charge in [0.25, 0.3) is 0 Å². The molecule has 4 nitrogen and oxygen atoms in total. The Hall–Kier alpha value is -3.25. The van der Waals surface area contributed by atoms with Crippen molar-refractivity contribution >= 4 is 34.6 Å². The molecule has 0 saturated carbocycles. The second-order valence-electron chi connectivity index (χ2n) is 6.66. The quantitative estimate of drug-likeness (QED) is 0.500. The Bertz CT molecular complexity index is 960. The molecule has 148 valence electrons. The summed E-state index contributed by atoms with van der Waals surface area (Å²) in [7, 11) is 0. The van der Waals surface area contributed by atoms with E-state index in [-0.39, 0.29) is 17.8 Å². The van der Waals surface area contributed by atoms with Gasteiger partial charge in [-0.25, -0.2) is 4.39 Å². The second kappa shape index (κ2) is 9.80. The summed E-state index contributed by atoms with van der Waals surface area (Å²) in [5, 5.41) is 9.62. The topological polar surface area (TPSA) is 53.2 Å². The summed E-state index contributed by atoms with van der Waals surface area (Å²) in [6.45, 7) is 1.95. The summed E-state index contributed by atoms with van der Waals surface area (Å²) in [4.78, 5) is 12.1. The maximum Gasteiger partial charge on any atom is 0.228 e. The van der Waals surface area contributed by atoms with E-state index >= 15 is 0 Å². The minimum absolute atomic E-state index is 0.0628. The standard InChI is InChI=1S/C23H22FN3OS/c1-16(18-7-9-19(24)10-8-18)25-23(29)27-21-13-11-20(12-14-21)26-22(28)15-17-5-3-2-4-6-17/h2-14,16H,15H2,1H3,(H,26,28)(H2,25,27,29). The van der Waals surface area contributed by atoms with E-state index in [0.717, 1.165) is 22.5 Å². The van der Waals surface area contributed by atoms with Crippen molar-refractivity contribution < 1.29 is 9.18 Å². The molecule has 1 unspecified atom stereocenters. The molecule has 0 fully saturated rings. The summed E-state index contributed by atoms with van der Waals surface area (Å²) < 4.78 is 13.0. The predicted molar refractivity (Wildman–Crippen MR) is 119 cm³/mol. The third-order valence-corrected chi connectivity index (χ3v) is 4.57. The van der Waals surface area contributed by atoms with Gasteiger partial charge in [0.15, 0.2) is 5.11 Å². The number of carbonyl (C=O) groups is 1. The average Bonchev–Trinajstić information content (AvgIpc) is 2.70. The largest absolute Gasteiger partial charge is 0.356 e. The smallest absolute Gasteiger partial charge is 0.228 e. The molecule has 3 aromatic carbocycles. The maximum atomic E-state index is 13.0. The van der Waals surface area contributed by atoms with Crippen LogP contribution in [0.3, 0.4) is 0 Å². The average molecular weight is 408 g/mol. The first-order valence-electron chi connectivity index (χ1n) is 9.26. The highest BCUT2D eigenvalue weighted by Crippen LogP contribution is 2.16. The highest BCUT2D eigenvalue weighted by molar-refractivity contribution is 7.80. The summed E-state index contributed by atoms with van der Waals surface area (Å²) >= 11 is 5.35. The fourth-order valence-electron chi connectivity index (χ4n) is 2.82. The van der Waals surface area contributed by atoms with Crippen LogP contribution in [0.25, 0.3) is 0 Å². The summed E-state index contributed by atoms with van der Waals surface area (Å²) in [5.74, 6) is -0.333. The van der Waals surface area contributed by atoms with Gasteiger partial charge in [0.05, 0.1) is 12.5 Å². The first-order chi connectivity index (χ1) is 14.0. The number of hydrogen-bond donors (Lipinski definition) is 3. The Morgan fingerprint density at radius 3 is 2.10 bits per heavy atom. The molecule has 0 spiro atoms. The van der Waals surface area contributed by atoms with Crippen LogP contribution in [0, 0.1) is 5.82 Å². The molecule has 3 rings (SSSR count). The van der Waals surface area contributed by atoms with E-state index in [1.54, 1.807) is 12.1 Å². The summed E-state index contributed by atoms with van der Waals surface area (Å²) in [5.41, 5.74) is 3.42. The lowest BCUT2D eigenvalue weighted by molar-refractivity contribution is -0.115.